The summed E-state index contributed by atoms with van der Waals surface area (Å²) in [6.45, 7) is 0. The minimum Gasteiger partial charge on any atom is -0.504 e. The summed E-state index contributed by atoms with van der Waals surface area (Å²) in [5, 5.41) is 19.5. The molecule has 0 amide bonds. The zero-order valence-corrected chi connectivity index (χ0v) is 12.9. The fourth-order valence-electron chi connectivity index (χ4n) is 2.09. The van der Waals surface area contributed by atoms with Gasteiger partial charge in [-0.05, 0) is 30.3 Å². The van der Waals surface area contributed by atoms with E-state index in [1.165, 1.54) is 30.0 Å². The number of rotatable bonds is 5. The highest BCUT2D eigenvalue weighted by Gasteiger charge is 2.12. The van der Waals surface area contributed by atoms with Crippen LogP contribution >= 0.6 is 11.8 Å². The molecule has 1 aromatic heterocycles. The first-order valence-electron chi connectivity index (χ1n) is 6.92. The van der Waals surface area contributed by atoms with Gasteiger partial charge in [0.1, 0.15) is 0 Å². The number of hydrogen-bond donors (Lipinski definition) is 2. The number of imidazole rings is 1. The summed E-state index contributed by atoms with van der Waals surface area (Å²) in [4.78, 5) is 16.5. The fraction of sp³-hybridized carbons (Fsp3) is 0.0588. The maximum absolute atomic E-state index is 12.2. The van der Waals surface area contributed by atoms with Gasteiger partial charge >= 0.3 is 0 Å². The third-order valence-electron chi connectivity index (χ3n) is 3.27. The molecule has 0 saturated heterocycles. The van der Waals surface area contributed by atoms with Gasteiger partial charge in [0.2, 0.25) is 0 Å². The standard InChI is InChI=1S/C17H14N2O3S/c20-14-7-6-12(10-15(14)21)16(22)11-23-17-18-8-9-19(17)13-4-2-1-3-5-13/h1-10,20-21H,11H2. The molecular weight excluding hydrogens is 312 g/mol. The van der Waals surface area contributed by atoms with Crippen molar-refractivity contribution >= 4 is 17.5 Å². The number of nitrogens with zero attached hydrogens (tertiary/aromatic N) is 2. The van der Waals surface area contributed by atoms with Crippen LogP contribution in [0, 0.1) is 0 Å². The van der Waals surface area contributed by atoms with Crippen molar-refractivity contribution in [1.29, 1.82) is 0 Å². The van der Waals surface area contributed by atoms with Crippen LogP contribution in [0.5, 0.6) is 11.5 Å². The van der Waals surface area contributed by atoms with Gasteiger partial charge < -0.3 is 10.2 Å². The predicted octanol–water partition coefficient (Wildman–Crippen LogP) is 3.26. The van der Waals surface area contributed by atoms with E-state index in [2.05, 4.69) is 4.98 Å². The number of Topliss-reactive ketones (excluding diaryl/α,β-unsaturated/α-hetero) is 1. The van der Waals surface area contributed by atoms with Crippen molar-refractivity contribution in [2.45, 2.75) is 5.16 Å². The molecular formula is C17H14N2O3S. The molecule has 6 heteroatoms. The summed E-state index contributed by atoms with van der Waals surface area (Å²) >= 11 is 1.32. The lowest BCUT2D eigenvalue weighted by atomic mass is 10.1. The molecule has 0 aliphatic heterocycles. The van der Waals surface area contributed by atoms with E-state index in [4.69, 9.17) is 0 Å². The smallest absolute Gasteiger partial charge is 0.173 e. The van der Waals surface area contributed by atoms with E-state index < -0.39 is 0 Å². The maximum atomic E-state index is 12.2. The van der Waals surface area contributed by atoms with E-state index in [-0.39, 0.29) is 23.0 Å². The molecule has 0 radical (unpaired) electrons. The molecule has 0 saturated carbocycles. The molecule has 0 spiro atoms. The third kappa shape index (κ3) is 3.37. The third-order valence-corrected chi connectivity index (χ3v) is 4.24. The van der Waals surface area contributed by atoms with Crippen molar-refractivity contribution in [3.8, 4) is 17.2 Å². The normalized spacial score (nSPS) is 10.6. The van der Waals surface area contributed by atoms with Crippen molar-refractivity contribution < 1.29 is 15.0 Å². The molecule has 5 nitrogen and oxygen atoms in total. The molecule has 3 aromatic rings. The Hall–Kier alpha value is -2.73. The molecule has 0 aliphatic carbocycles. The fourth-order valence-corrected chi connectivity index (χ4v) is 2.96. The van der Waals surface area contributed by atoms with E-state index in [1.807, 2.05) is 41.1 Å². The number of thioether (sulfide) groups is 1. The first-order chi connectivity index (χ1) is 11.1. The van der Waals surface area contributed by atoms with Crippen LogP contribution < -0.4 is 0 Å². The molecule has 0 atom stereocenters. The van der Waals surface area contributed by atoms with Gasteiger partial charge in [0, 0.05) is 23.6 Å². The molecule has 0 aliphatic rings. The number of phenols is 2. The topological polar surface area (TPSA) is 75.4 Å². The van der Waals surface area contributed by atoms with Gasteiger partial charge in [-0.3, -0.25) is 9.36 Å². The number of phenolic OH excluding ortho intramolecular Hbond substituents is 2. The Kier molecular flexibility index (Phi) is 4.34. The number of hydrogen-bond acceptors (Lipinski definition) is 5. The van der Waals surface area contributed by atoms with Gasteiger partial charge in [-0.15, -0.1) is 0 Å². The zero-order valence-electron chi connectivity index (χ0n) is 12.1. The minimum atomic E-state index is -0.299. The number of benzene rings is 2. The Bertz CT molecular complexity index is 831. The van der Waals surface area contributed by atoms with Gasteiger partial charge in [-0.1, -0.05) is 30.0 Å². The largest absolute Gasteiger partial charge is 0.504 e. The molecule has 3 rings (SSSR count). The highest BCUT2D eigenvalue weighted by molar-refractivity contribution is 7.99. The highest BCUT2D eigenvalue weighted by atomic mass is 32.2. The van der Waals surface area contributed by atoms with E-state index >= 15 is 0 Å². The Morgan fingerprint density at radius 3 is 2.61 bits per heavy atom. The number of aromatic hydroxyl groups is 2. The second-order valence-electron chi connectivity index (χ2n) is 4.83. The van der Waals surface area contributed by atoms with Crippen LogP contribution in [0.1, 0.15) is 10.4 Å². The van der Waals surface area contributed by atoms with Gasteiger partial charge in [0.05, 0.1) is 5.75 Å². The first-order valence-corrected chi connectivity index (χ1v) is 7.90. The molecule has 116 valence electrons. The van der Waals surface area contributed by atoms with Gasteiger partial charge in [0.25, 0.3) is 0 Å². The highest BCUT2D eigenvalue weighted by Crippen LogP contribution is 2.26. The minimum absolute atomic E-state index is 0.145. The molecule has 1 heterocycles. The van der Waals surface area contributed by atoms with E-state index in [9.17, 15) is 15.0 Å². The molecule has 0 unspecified atom stereocenters. The van der Waals surface area contributed by atoms with Crippen molar-refractivity contribution in [2.24, 2.45) is 0 Å². The number of para-hydroxylation sites is 1. The van der Waals surface area contributed by atoms with Crippen LogP contribution in [0.25, 0.3) is 5.69 Å². The number of carbonyl (C=O) groups is 1. The lowest BCUT2D eigenvalue weighted by Crippen LogP contribution is -2.04. The van der Waals surface area contributed by atoms with Gasteiger partial charge in [-0.2, -0.15) is 0 Å². The van der Waals surface area contributed by atoms with Crippen molar-refractivity contribution in [1.82, 2.24) is 9.55 Å². The Balaban J connectivity index is 1.73. The average Bonchev–Trinajstić information content (AvgIpc) is 3.04. The molecule has 0 fully saturated rings. The van der Waals surface area contributed by atoms with Crippen LogP contribution in [0.15, 0.2) is 66.1 Å². The zero-order chi connectivity index (χ0) is 16.2. The number of aromatic nitrogens is 2. The Morgan fingerprint density at radius 1 is 1.09 bits per heavy atom. The number of ketones is 1. The quantitative estimate of drug-likeness (QED) is 0.428. The van der Waals surface area contributed by atoms with Crippen molar-refractivity contribution in [2.75, 3.05) is 5.75 Å². The Morgan fingerprint density at radius 2 is 1.87 bits per heavy atom. The van der Waals surface area contributed by atoms with Gasteiger partial charge in [0.15, 0.2) is 22.4 Å². The second kappa shape index (κ2) is 6.58. The van der Waals surface area contributed by atoms with Crippen LogP contribution in [-0.4, -0.2) is 31.3 Å². The second-order valence-corrected chi connectivity index (χ2v) is 5.77. The molecule has 0 bridgehead atoms. The predicted molar refractivity (Wildman–Crippen MR) is 88.4 cm³/mol. The summed E-state index contributed by atoms with van der Waals surface area (Å²) < 4.78 is 1.91. The summed E-state index contributed by atoms with van der Waals surface area (Å²) in [6.07, 6.45) is 3.53. The summed E-state index contributed by atoms with van der Waals surface area (Å²) in [6, 6.07) is 13.8. The van der Waals surface area contributed by atoms with Crippen LogP contribution in [0.2, 0.25) is 0 Å². The summed E-state index contributed by atoms with van der Waals surface area (Å²) in [7, 11) is 0. The van der Waals surface area contributed by atoms with Crippen molar-refractivity contribution in [3.05, 3.63) is 66.5 Å². The van der Waals surface area contributed by atoms with E-state index in [0.717, 1.165) is 5.69 Å². The molecule has 2 aromatic carbocycles. The van der Waals surface area contributed by atoms with Crippen molar-refractivity contribution in [3.63, 3.8) is 0 Å². The molecule has 2 N–H and O–H groups in total. The first kappa shape index (κ1) is 15.2. The van der Waals surface area contributed by atoms with Crippen LogP contribution in [-0.2, 0) is 0 Å². The monoisotopic (exact) mass is 326 g/mol. The SMILES string of the molecule is O=C(CSc1nccn1-c1ccccc1)c1ccc(O)c(O)c1. The lowest BCUT2D eigenvalue weighted by Gasteiger charge is -2.07. The summed E-state index contributed by atoms with van der Waals surface area (Å²) in [5.74, 6) is -0.498. The van der Waals surface area contributed by atoms with Crippen LogP contribution in [0.4, 0.5) is 0 Å². The average molecular weight is 326 g/mol. The van der Waals surface area contributed by atoms with E-state index in [1.54, 1.807) is 6.20 Å². The van der Waals surface area contributed by atoms with E-state index in [0.29, 0.717) is 10.7 Å². The lowest BCUT2D eigenvalue weighted by molar-refractivity contribution is 0.102. The summed E-state index contributed by atoms with van der Waals surface area (Å²) in [5.41, 5.74) is 1.33. The number of carbonyl (C=O) groups excluding carboxylic acids is 1. The van der Waals surface area contributed by atoms with Crippen LogP contribution in [0.3, 0.4) is 0 Å². The Labute approximate surface area is 137 Å². The van der Waals surface area contributed by atoms with Gasteiger partial charge in [-0.25, -0.2) is 4.98 Å². The maximum Gasteiger partial charge on any atom is 0.173 e. The molecule has 23 heavy (non-hydrogen) atoms.